The molecule has 0 saturated heterocycles. The second kappa shape index (κ2) is 7.79. The van der Waals surface area contributed by atoms with Gasteiger partial charge in [-0.2, -0.15) is 4.31 Å². The lowest BCUT2D eigenvalue weighted by Gasteiger charge is -2.21. The Morgan fingerprint density at radius 3 is 2.17 bits per heavy atom. The standard InChI is InChI=1S/C18H23NO4S/c1-4-14-5-11-17(12-6-14)24(21,22)19(2)13-18(20)15-7-9-16(23-3)10-8-15/h5-12,18,20H,4,13H2,1-3H3. The number of methoxy groups -OCH3 is 1. The molecule has 0 amide bonds. The van der Waals surface area contributed by atoms with E-state index in [9.17, 15) is 13.5 Å². The predicted molar refractivity (Wildman–Crippen MR) is 93.6 cm³/mol. The Morgan fingerprint density at radius 2 is 1.67 bits per heavy atom. The number of likely N-dealkylation sites (N-methyl/N-ethyl adjacent to an activating group) is 1. The molecule has 0 radical (unpaired) electrons. The van der Waals surface area contributed by atoms with E-state index in [-0.39, 0.29) is 11.4 Å². The molecule has 6 heteroatoms. The van der Waals surface area contributed by atoms with Crippen LogP contribution in [0.3, 0.4) is 0 Å². The number of aliphatic hydroxyl groups is 1. The van der Waals surface area contributed by atoms with Crippen molar-refractivity contribution in [2.75, 3.05) is 20.7 Å². The normalized spacial score (nSPS) is 13.0. The zero-order valence-corrected chi connectivity index (χ0v) is 15.0. The van der Waals surface area contributed by atoms with Crippen molar-refractivity contribution < 1.29 is 18.3 Å². The SMILES string of the molecule is CCc1ccc(S(=O)(=O)N(C)CC(O)c2ccc(OC)cc2)cc1. The summed E-state index contributed by atoms with van der Waals surface area (Å²) in [7, 11) is -0.598. The first-order valence-electron chi connectivity index (χ1n) is 7.75. The summed E-state index contributed by atoms with van der Waals surface area (Å²) in [5, 5.41) is 10.3. The van der Waals surface area contributed by atoms with Crippen LogP contribution in [-0.2, 0) is 16.4 Å². The summed E-state index contributed by atoms with van der Waals surface area (Å²) < 4.78 is 31.4. The van der Waals surface area contributed by atoms with Crippen molar-refractivity contribution >= 4 is 10.0 Å². The minimum absolute atomic E-state index is 0.0236. The van der Waals surface area contributed by atoms with Gasteiger partial charge in [0.25, 0.3) is 0 Å². The molecule has 0 aliphatic heterocycles. The van der Waals surface area contributed by atoms with Crippen LogP contribution in [0.5, 0.6) is 5.75 Å². The van der Waals surface area contributed by atoms with Crippen LogP contribution in [0.25, 0.3) is 0 Å². The number of aryl methyl sites for hydroxylation is 1. The van der Waals surface area contributed by atoms with Crippen LogP contribution in [-0.4, -0.2) is 38.5 Å². The molecule has 0 fully saturated rings. The van der Waals surface area contributed by atoms with E-state index in [0.717, 1.165) is 12.0 Å². The lowest BCUT2D eigenvalue weighted by Crippen LogP contribution is -2.31. The molecule has 24 heavy (non-hydrogen) atoms. The molecule has 0 heterocycles. The minimum Gasteiger partial charge on any atom is -0.497 e. The van der Waals surface area contributed by atoms with Crippen molar-refractivity contribution in [1.29, 1.82) is 0 Å². The maximum atomic E-state index is 12.6. The summed E-state index contributed by atoms with van der Waals surface area (Å²) in [5.74, 6) is 0.683. The highest BCUT2D eigenvalue weighted by molar-refractivity contribution is 7.89. The highest BCUT2D eigenvalue weighted by atomic mass is 32.2. The predicted octanol–water partition coefficient (Wildman–Crippen LogP) is 2.61. The van der Waals surface area contributed by atoms with Gasteiger partial charge in [0.1, 0.15) is 5.75 Å². The third kappa shape index (κ3) is 4.14. The van der Waals surface area contributed by atoms with Gasteiger partial charge >= 0.3 is 0 Å². The molecular weight excluding hydrogens is 326 g/mol. The van der Waals surface area contributed by atoms with E-state index < -0.39 is 16.1 Å². The van der Waals surface area contributed by atoms with Crippen molar-refractivity contribution in [2.24, 2.45) is 0 Å². The molecule has 2 rings (SSSR count). The second-order valence-corrected chi connectivity index (χ2v) is 7.62. The topological polar surface area (TPSA) is 66.8 Å². The van der Waals surface area contributed by atoms with Gasteiger partial charge in [0.05, 0.1) is 18.1 Å². The Kier molecular flexibility index (Phi) is 5.99. The van der Waals surface area contributed by atoms with Gasteiger partial charge in [0.15, 0.2) is 0 Å². The van der Waals surface area contributed by atoms with Crippen molar-refractivity contribution in [1.82, 2.24) is 4.31 Å². The van der Waals surface area contributed by atoms with E-state index in [0.29, 0.717) is 11.3 Å². The quantitative estimate of drug-likeness (QED) is 0.834. The lowest BCUT2D eigenvalue weighted by molar-refractivity contribution is 0.155. The molecular formula is C18H23NO4S. The Bertz CT molecular complexity index is 755. The molecule has 2 aromatic carbocycles. The van der Waals surface area contributed by atoms with Crippen LogP contribution in [0.2, 0.25) is 0 Å². The minimum atomic E-state index is -3.63. The number of nitrogens with zero attached hydrogens (tertiary/aromatic N) is 1. The zero-order valence-electron chi connectivity index (χ0n) is 14.1. The first-order valence-corrected chi connectivity index (χ1v) is 9.19. The highest BCUT2D eigenvalue weighted by Crippen LogP contribution is 2.21. The lowest BCUT2D eigenvalue weighted by atomic mass is 10.1. The summed E-state index contributed by atoms with van der Waals surface area (Å²) in [6.07, 6.45) is -0.0580. The van der Waals surface area contributed by atoms with E-state index in [1.165, 1.54) is 11.4 Å². The number of benzene rings is 2. The van der Waals surface area contributed by atoms with Crippen LogP contribution < -0.4 is 4.74 Å². The molecule has 130 valence electrons. The Hall–Kier alpha value is -1.89. The monoisotopic (exact) mass is 349 g/mol. The van der Waals surface area contributed by atoms with Crippen LogP contribution in [0.1, 0.15) is 24.2 Å². The van der Waals surface area contributed by atoms with E-state index >= 15 is 0 Å². The van der Waals surface area contributed by atoms with Crippen LogP contribution in [0, 0.1) is 0 Å². The molecule has 1 unspecified atom stereocenters. The largest absolute Gasteiger partial charge is 0.497 e. The molecule has 1 atom stereocenters. The molecule has 0 saturated carbocycles. The van der Waals surface area contributed by atoms with Gasteiger partial charge in [-0.15, -0.1) is 0 Å². The van der Waals surface area contributed by atoms with E-state index in [1.54, 1.807) is 55.6 Å². The molecule has 0 aliphatic rings. The fourth-order valence-corrected chi connectivity index (χ4v) is 3.53. The molecule has 0 aromatic heterocycles. The smallest absolute Gasteiger partial charge is 0.242 e. The summed E-state index contributed by atoms with van der Waals surface area (Å²) >= 11 is 0. The number of hydrogen-bond acceptors (Lipinski definition) is 4. The Morgan fingerprint density at radius 1 is 1.08 bits per heavy atom. The van der Waals surface area contributed by atoms with Crippen LogP contribution in [0.4, 0.5) is 0 Å². The van der Waals surface area contributed by atoms with Crippen LogP contribution in [0.15, 0.2) is 53.4 Å². The second-order valence-electron chi connectivity index (χ2n) is 5.57. The average Bonchev–Trinajstić information content (AvgIpc) is 2.61. The maximum absolute atomic E-state index is 12.6. The number of rotatable bonds is 7. The third-order valence-electron chi connectivity index (χ3n) is 3.97. The first-order chi connectivity index (χ1) is 11.4. The molecule has 5 nitrogen and oxygen atoms in total. The van der Waals surface area contributed by atoms with Crippen molar-refractivity contribution in [2.45, 2.75) is 24.3 Å². The third-order valence-corrected chi connectivity index (χ3v) is 5.81. The fraction of sp³-hybridized carbons (Fsp3) is 0.333. The fourth-order valence-electron chi connectivity index (χ4n) is 2.35. The van der Waals surface area contributed by atoms with Crippen molar-refractivity contribution in [3.05, 3.63) is 59.7 Å². The van der Waals surface area contributed by atoms with Gasteiger partial charge in [-0.25, -0.2) is 8.42 Å². The van der Waals surface area contributed by atoms with Gasteiger partial charge in [-0.05, 0) is 41.8 Å². The summed E-state index contributed by atoms with van der Waals surface area (Å²) in [5.41, 5.74) is 1.72. The van der Waals surface area contributed by atoms with Gasteiger partial charge in [0, 0.05) is 13.6 Å². The van der Waals surface area contributed by atoms with Gasteiger partial charge in [0.2, 0.25) is 10.0 Å². The van der Waals surface area contributed by atoms with E-state index in [1.807, 2.05) is 6.92 Å². The van der Waals surface area contributed by atoms with Gasteiger partial charge in [-0.3, -0.25) is 0 Å². The molecule has 2 aromatic rings. The van der Waals surface area contributed by atoms with Crippen LogP contribution >= 0.6 is 0 Å². The van der Waals surface area contributed by atoms with Gasteiger partial charge < -0.3 is 9.84 Å². The number of sulfonamides is 1. The molecule has 0 aliphatic carbocycles. The summed E-state index contributed by atoms with van der Waals surface area (Å²) in [6.45, 7) is 1.99. The zero-order chi connectivity index (χ0) is 17.7. The van der Waals surface area contributed by atoms with Crippen molar-refractivity contribution in [3.63, 3.8) is 0 Å². The molecule has 0 spiro atoms. The van der Waals surface area contributed by atoms with Crippen molar-refractivity contribution in [3.8, 4) is 5.75 Å². The van der Waals surface area contributed by atoms with E-state index in [2.05, 4.69) is 0 Å². The Balaban J connectivity index is 2.12. The summed E-state index contributed by atoms with van der Waals surface area (Å²) in [4.78, 5) is 0.226. The van der Waals surface area contributed by atoms with E-state index in [4.69, 9.17) is 4.74 Å². The maximum Gasteiger partial charge on any atom is 0.242 e. The molecule has 0 bridgehead atoms. The Labute approximate surface area is 143 Å². The summed E-state index contributed by atoms with van der Waals surface area (Å²) in [6, 6.07) is 13.7. The first kappa shape index (κ1) is 18.4. The highest BCUT2D eigenvalue weighted by Gasteiger charge is 2.23. The number of aliphatic hydroxyl groups excluding tert-OH is 1. The average molecular weight is 349 g/mol. The number of hydrogen-bond donors (Lipinski definition) is 1. The van der Waals surface area contributed by atoms with Gasteiger partial charge in [-0.1, -0.05) is 31.2 Å². The molecule has 1 N–H and O–H groups in total. The number of ether oxygens (including phenoxy) is 1.